The minimum atomic E-state index is -3.76. The van der Waals surface area contributed by atoms with Crippen LogP contribution in [0.5, 0.6) is 0 Å². The maximum atomic E-state index is 11.3. The number of hydrogen-bond acceptors (Lipinski definition) is 4. The molecule has 6 heteroatoms. The molecule has 0 radical (unpaired) electrons. The number of aryl methyl sites for hydroxylation is 1. The summed E-state index contributed by atoms with van der Waals surface area (Å²) in [5, 5.41) is 5.08. The third kappa shape index (κ3) is 3.53. The maximum absolute atomic E-state index is 11.3. The number of hydrogen-bond donors (Lipinski definition) is 2. The monoisotopic (exact) mass is 308 g/mol. The van der Waals surface area contributed by atoms with Gasteiger partial charge in [-0.3, -0.25) is 0 Å². The Balaban J connectivity index is 2.16. The average Bonchev–Trinajstić information content (AvgIpc) is 2.36. The van der Waals surface area contributed by atoms with Gasteiger partial charge >= 0.3 is 0 Å². The van der Waals surface area contributed by atoms with E-state index in [4.69, 9.17) is 10.9 Å². The van der Waals surface area contributed by atoms with E-state index in [-0.39, 0.29) is 10.6 Å². The molecular weight excluding hydrogens is 292 g/mol. The first-order valence-electron chi connectivity index (χ1n) is 5.97. The molecule has 0 aliphatic carbocycles. The molecule has 0 aliphatic heterocycles. The molecule has 0 aromatic heterocycles. The summed E-state index contributed by atoms with van der Waals surface area (Å²) in [5.41, 5.74) is 8.39. The number of thioether (sulfide) groups is 1. The highest BCUT2D eigenvalue weighted by Crippen LogP contribution is 2.28. The maximum Gasteiger partial charge on any atom is 0.240 e. The third-order valence-electron chi connectivity index (χ3n) is 2.94. The van der Waals surface area contributed by atoms with Gasteiger partial charge in [-0.05, 0) is 36.2 Å². The van der Waals surface area contributed by atoms with Crippen LogP contribution in [0.15, 0.2) is 52.3 Å². The van der Waals surface area contributed by atoms with E-state index in [9.17, 15) is 8.42 Å². The Morgan fingerprint density at radius 3 is 2.45 bits per heavy atom. The van der Waals surface area contributed by atoms with Gasteiger partial charge in [0.2, 0.25) is 10.0 Å². The number of benzene rings is 2. The van der Waals surface area contributed by atoms with Gasteiger partial charge in [0.1, 0.15) is 4.90 Å². The molecule has 0 saturated carbocycles. The summed E-state index contributed by atoms with van der Waals surface area (Å²) in [6.07, 6.45) is 0. The number of anilines is 1. The Hall–Kier alpha value is -1.50. The molecule has 0 spiro atoms. The van der Waals surface area contributed by atoms with Crippen LogP contribution in [-0.4, -0.2) is 8.42 Å². The zero-order chi connectivity index (χ0) is 14.8. The fourth-order valence-electron chi connectivity index (χ4n) is 1.81. The summed E-state index contributed by atoms with van der Waals surface area (Å²) >= 11 is 1.61. The minimum absolute atomic E-state index is 0.0299. The predicted octanol–water partition coefficient (Wildman–Crippen LogP) is 2.52. The molecule has 0 atom stereocenters. The smallest absolute Gasteiger partial charge is 0.240 e. The second-order valence-electron chi connectivity index (χ2n) is 4.46. The van der Waals surface area contributed by atoms with E-state index in [1.807, 2.05) is 12.1 Å². The van der Waals surface area contributed by atoms with E-state index in [0.29, 0.717) is 0 Å². The second kappa shape index (κ2) is 5.87. The van der Waals surface area contributed by atoms with Crippen LogP contribution in [0.4, 0.5) is 5.69 Å². The van der Waals surface area contributed by atoms with Crippen molar-refractivity contribution < 1.29 is 8.42 Å². The highest BCUT2D eigenvalue weighted by Gasteiger charge is 2.12. The lowest BCUT2D eigenvalue weighted by Gasteiger charge is -2.08. The number of nitrogen functional groups attached to an aromatic ring is 1. The lowest BCUT2D eigenvalue weighted by atomic mass is 10.1. The van der Waals surface area contributed by atoms with Gasteiger partial charge in [0.05, 0.1) is 5.69 Å². The fraction of sp³-hybridized carbons (Fsp3) is 0.143. The van der Waals surface area contributed by atoms with Crippen molar-refractivity contribution in [3.63, 3.8) is 0 Å². The Morgan fingerprint density at radius 2 is 1.85 bits per heavy atom. The molecule has 4 nitrogen and oxygen atoms in total. The number of nitrogens with two attached hydrogens (primary N) is 2. The van der Waals surface area contributed by atoms with Crippen LogP contribution < -0.4 is 10.9 Å². The van der Waals surface area contributed by atoms with Gasteiger partial charge in [0, 0.05) is 10.6 Å². The molecule has 2 aromatic rings. The van der Waals surface area contributed by atoms with Crippen molar-refractivity contribution >= 4 is 27.5 Å². The molecule has 0 aliphatic rings. The van der Waals surface area contributed by atoms with Crippen LogP contribution in [0.1, 0.15) is 11.1 Å². The van der Waals surface area contributed by atoms with E-state index < -0.39 is 10.0 Å². The van der Waals surface area contributed by atoms with Crippen LogP contribution in [-0.2, 0) is 15.8 Å². The summed E-state index contributed by atoms with van der Waals surface area (Å²) in [6.45, 7) is 2.06. The highest BCUT2D eigenvalue weighted by molar-refractivity contribution is 7.98. The third-order valence-corrected chi connectivity index (χ3v) is 4.97. The Morgan fingerprint density at radius 1 is 1.15 bits per heavy atom. The molecule has 20 heavy (non-hydrogen) atoms. The fourth-order valence-corrected chi connectivity index (χ4v) is 3.47. The number of primary sulfonamides is 1. The first kappa shape index (κ1) is 14.9. The molecule has 2 rings (SSSR count). The lowest BCUT2D eigenvalue weighted by molar-refractivity contribution is 0.598. The van der Waals surface area contributed by atoms with Crippen molar-refractivity contribution in [1.29, 1.82) is 0 Å². The average molecular weight is 308 g/mol. The zero-order valence-electron chi connectivity index (χ0n) is 11.0. The SMILES string of the molecule is Cc1ccccc1CSc1ccc(S(N)(=O)=O)c(N)c1. The molecule has 0 fully saturated rings. The van der Waals surface area contributed by atoms with Crippen molar-refractivity contribution in [3.05, 3.63) is 53.6 Å². The van der Waals surface area contributed by atoms with Gasteiger partial charge in [0.25, 0.3) is 0 Å². The van der Waals surface area contributed by atoms with Gasteiger partial charge in [-0.1, -0.05) is 24.3 Å². The van der Waals surface area contributed by atoms with Crippen LogP contribution >= 0.6 is 11.8 Å². The second-order valence-corrected chi connectivity index (χ2v) is 7.04. The van der Waals surface area contributed by atoms with E-state index in [0.717, 1.165) is 10.6 Å². The summed E-state index contributed by atoms with van der Waals surface area (Å²) in [7, 11) is -3.76. The van der Waals surface area contributed by atoms with Gasteiger partial charge in [-0.15, -0.1) is 11.8 Å². The van der Waals surface area contributed by atoms with E-state index in [1.165, 1.54) is 17.2 Å². The quantitative estimate of drug-likeness (QED) is 0.671. The molecule has 0 saturated heterocycles. The predicted molar refractivity (Wildman–Crippen MR) is 83.0 cm³/mol. The molecule has 0 bridgehead atoms. The van der Waals surface area contributed by atoms with Crippen molar-refractivity contribution in [3.8, 4) is 0 Å². The Kier molecular flexibility index (Phi) is 4.37. The molecule has 2 aromatic carbocycles. The topological polar surface area (TPSA) is 86.2 Å². The summed E-state index contributed by atoms with van der Waals surface area (Å²) in [4.78, 5) is 0.885. The molecule has 106 valence electrons. The summed E-state index contributed by atoms with van der Waals surface area (Å²) < 4.78 is 22.6. The van der Waals surface area contributed by atoms with Crippen molar-refractivity contribution in [2.75, 3.05) is 5.73 Å². The van der Waals surface area contributed by atoms with Crippen molar-refractivity contribution in [2.24, 2.45) is 5.14 Å². The zero-order valence-corrected chi connectivity index (χ0v) is 12.7. The molecule has 0 amide bonds. The Bertz CT molecular complexity index is 728. The van der Waals surface area contributed by atoms with Gasteiger partial charge in [-0.2, -0.15) is 0 Å². The van der Waals surface area contributed by atoms with E-state index in [2.05, 4.69) is 19.1 Å². The first-order valence-corrected chi connectivity index (χ1v) is 8.51. The van der Waals surface area contributed by atoms with E-state index in [1.54, 1.807) is 23.9 Å². The molecule has 0 heterocycles. The number of sulfonamides is 1. The van der Waals surface area contributed by atoms with Gasteiger partial charge < -0.3 is 5.73 Å². The largest absolute Gasteiger partial charge is 0.398 e. The van der Waals surface area contributed by atoms with Crippen LogP contribution in [0, 0.1) is 6.92 Å². The Labute approximate surface area is 123 Å². The van der Waals surface area contributed by atoms with Crippen LogP contribution in [0.25, 0.3) is 0 Å². The number of rotatable bonds is 4. The standard InChI is InChI=1S/C14H16N2O2S2/c1-10-4-2-3-5-11(10)9-19-12-6-7-14(13(15)8-12)20(16,17)18/h2-8H,9,15H2,1H3,(H2,16,17,18). The molecule has 0 unspecified atom stereocenters. The summed E-state index contributed by atoms with van der Waals surface area (Å²) in [6, 6.07) is 13.0. The molecular formula is C14H16N2O2S2. The van der Waals surface area contributed by atoms with Gasteiger partial charge in [0.15, 0.2) is 0 Å². The van der Waals surface area contributed by atoms with Crippen molar-refractivity contribution in [1.82, 2.24) is 0 Å². The normalized spacial score (nSPS) is 11.5. The van der Waals surface area contributed by atoms with E-state index >= 15 is 0 Å². The van der Waals surface area contributed by atoms with Crippen LogP contribution in [0.3, 0.4) is 0 Å². The van der Waals surface area contributed by atoms with Crippen molar-refractivity contribution in [2.45, 2.75) is 22.5 Å². The lowest BCUT2D eigenvalue weighted by Crippen LogP contribution is -2.14. The van der Waals surface area contributed by atoms with Gasteiger partial charge in [-0.25, -0.2) is 13.6 Å². The first-order chi connectivity index (χ1) is 9.38. The molecule has 4 N–H and O–H groups in total. The highest BCUT2D eigenvalue weighted by atomic mass is 32.2. The summed E-state index contributed by atoms with van der Waals surface area (Å²) in [5.74, 6) is 0.806. The van der Waals surface area contributed by atoms with Crippen LogP contribution in [0.2, 0.25) is 0 Å². The minimum Gasteiger partial charge on any atom is -0.398 e.